The van der Waals surface area contributed by atoms with Crippen molar-refractivity contribution < 1.29 is 4.79 Å². The highest BCUT2D eigenvalue weighted by Crippen LogP contribution is 2.43. The number of benzene rings is 1. The first-order valence-electron chi connectivity index (χ1n) is 8.50. The molecule has 4 aliphatic heterocycles. The highest BCUT2D eigenvalue weighted by atomic mass is 32.2. The smallest absolute Gasteiger partial charge is 0.230 e. The minimum Gasteiger partial charge on any atom is -0.351 e. The summed E-state index contributed by atoms with van der Waals surface area (Å²) in [5, 5.41) is 3.42. The van der Waals surface area contributed by atoms with E-state index in [1.54, 1.807) is 11.8 Å². The van der Waals surface area contributed by atoms with Crippen LogP contribution in [0.4, 0.5) is 0 Å². The molecule has 2 unspecified atom stereocenters. The summed E-state index contributed by atoms with van der Waals surface area (Å²) in [6.07, 6.45) is 1.99. The van der Waals surface area contributed by atoms with Gasteiger partial charge in [0.1, 0.15) is 0 Å². The molecule has 1 amide bonds. The molecule has 23 heavy (non-hydrogen) atoms. The van der Waals surface area contributed by atoms with Gasteiger partial charge in [-0.3, -0.25) is 4.79 Å². The fourth-order valence-electron chi connectivity index (χ4n) is 4.91. The summed E-state index contributed by atoms with van der Waals surface area (Å²) in [7, 11) is 0. The number of nitrogens with zero attached hydrogens (tertiary/aromatic N) is 2. The van der Waals surface area contributed by atoms with Crippen LogP contribution in [0.1, 0.15) is 5.56 Å². The van der Waals surface area contributed by atoms with Crippen molar-refractivity contribution in [1.82, 2.24) is 15.1 Å². The normalized spacial score (nSPS) is 38.3. The Balaban J connectivity index is 1.72. The van der Waals surface area contributed by atoms with Crippen molar-refractivity contribution in [2.45, 2.75) is 11.5 Å². The minimum atomic E-state index is 0.0347. The molecule has 1 aromatic carbocycles. The number of thioether (sulfide) groups is 1. The molecule has 124 valence electrons. The van der Waals surface area contributed by atoms with Crippen LogP contribution >= 0.6 is 11.8 Å². The van der Waals surface area contributed by atoms with E-state index in [1.165, 1.54) is 5.56 Å². The molecular weight excluding hydrogens is 306 g/mol. The summed E-state index contributed by atoms with van der Waals surface area (Å²) in [6, 6.07) is 11.1. The van der Waals surface area contributed by atoms with E-state index in [4.69, 9.17) is 0 Å². The maximum Gasteiger partial charge on any atom is 0.230 e. The number of carbonyl (C=O) groups excluding carboxylic acids is 1. The molecule has 5 heteroatoms. The lowest BCUT2D eigenvalue weighted by molar-refractivity contribution is -0.121. The Kier molecular flexibility index (Phi) is 4.12. The second-order valence-corrected chi connectivity index (χ2v) is 8.10. The summed E-state index contributed by atoms with van der Waals surface area (Å²) in [5.74, 6) is 1.28. The molecule has 0 aliphatic carbocycles. The van der Waals surface area contributed by atoms with E-state index in [0.717, 1.165) is 39.3 Å². The van der Waals surface area contributed by atoms with Crippen LogP contribution < -0.4 is 5.32 Å². The number of hydrogen-bond acceptors (Lipinski definition) is 4. The topological polar surface area (TPSA) is 35.6 Å². The second-order valence-electron chi connectivity index (χ2n) is 7.23. The van der Waals surface area contributed by atoms with E-state index in [9.17, 15) is 4.79 Å². The zero-order valence-electron chi connectivity index (χ0n) is 13.7. The van der Waals surface area contributed by atoms with Crippen LogP contribution in [0.5, 0.6) is 0 Å². The van der Waals surface area contributed by atoms with Crippen LogP contribution in [0.3, 0.4) is 0 Å². The quantitative estimate of drug-likeness (QED) is 0.894. The van der Waals surface area contributed by atoms with E-state index >= 15 is 0 Å². The van der Waals surface area contributed by atoms with Crippen molar-refractivity contribution in [3.63, 3.8) is 0 Å². The zero-order valence-corrected chi connectivity index (χ0v) is 14.5. The van der Waals surface area contributed by atoms with Gasteiger partial charge in [0, 0.05) is 56.6 Å². The number of amides is 1. The van der Waals surface area contributed by atoms with Crippen LogP contribution in [0.25, 0.3) is 0 Å². The van der Waals surface area contributed by atoms with Crippen molar-refractivity contribution in [3.05, 3.63) is 35.9 Å². The maximum absolute atomic E-state index is 12.3. The van der Waals surface area contributed by atoms with Crippen LogP contribution in [-0.4, -0.2) is 73.0 Å². The van der Waals surface area contributed by atoms with Gasteiger partial charge >= 0.3 is 0 Å². The Labute approximate surface area is 142 Å². The Morgan fingerprint density at radius 1 is 1.22 bits per heavy atom. The fraction of sp³-hybridized carbons (Fsp3) is 0.611. The van der Waals surface area contributed by atoms with Gasteiger partial charge in [-0.1, -0.05) is 30.3 Å². The van der Waals surface area contributed by atoms with Gasteiger partial charge in [-0.05, 0) is 11.8 Å². The molecule has 4 saturated heterocycles. The van der Waals surface area contributed by atoms with E-state index in [1.807, 2.05) is 6.26 Å². The summed E-state index contributed by atoms with van der Waals surface area (Å²) >= 11 is 1.60. The van der Waals surface area contributed by atoms with Crippen molar-refractivity contribution in [1.29, 1.82) is 0 Å². The lowest BCUT2D eigenvalue weighted by Gasteiger charge is -2.55. The zero-order chi connectivity index (χ0) is 15.9. The van der Waals surface area contributed by atoms with Gasteiger partial charge in [0.15, 0.2) is 0 Å². The lowest BCUT2D eigenvalue weighted by Crippen LogP contribution is -2.70. The second kappa shape index (κ2) is 6.11. The number of carbonyl (C=O) groups is 1. The lowest BCUT2D eigenvalue weighted by atomic mass is 9.64. The molecule has 0 radical (unpaired) electrons. The predicted molar refractivity (Wildman–Crippen MR) is 94.8 cm³/mol. The van der Waals surface area contributed by atoms with Crippen molar-refractivity contribution in [2.75, 3.05) is 51.3 Å². The van der Waals surface area contributed by atoms with Gasteiger partial charge in [0.05, 0.1) is 5.75 Å². The Morgan fingerprint density at radius 2 is 1.87 bits per heavy atom. The summed E-state index contributed by atoms with van der Waals surface area (Å²) in [4.78, 5) is 17.6. The van der Waals surface area contributed by atoms with Crippen molar-refractivity contribution in [2.24, 2.45) is 5.92 Å². The molecular formula is C18H25N3OS. The minimum absolute atomic E-state index is 0.0347. The molecule has 4 bridgehead atoms. The molecule has 4 aliphatic rings. The summed E-state index contributed by atoms with van der Waals surface area (Å²) in [5.41, 5.74) is 1.42. The first-order chi connectivity index (χ1) is 11.2. The molecule has 0 aromatic heterocycles. The molecule has 1 N–H and O–H groups in total. The molecule has 4 nitrogen and oxygen atoms in total. The molecule has 3 atom stereocenters. The highest BCUT2D eigenvalue weighted by Gasteiger charge is 2.55. The van der Waals surface area contributed by atoms with Crippen molar-refractivity contribution >= 4 is 17.7 Å². The fourth-order valence-corrected chi connectivity index (χ4v) is 5.26. The van der Waals surface area contributed by atoms with Crippen LogP contribution in [0.2, 0.25) is 0 Å². The van der Waals surface area contributed by atoms with E-state index in [-0.39, 0.29) is 17.4 Å². The van der Waals surface area contributed by atoms with Crippen molar-refractivity contribution in [3.8, 4) is 0 Å². The van der Waals surface area contributed by atoms with Gasteiger partial charge in [-0.25, -0.2) is 0 Å². The Bertz CT molecular complexity index is 563. The van der Waals surface area contributed by atoms with Crippen LogP contribution in [-0.2, 0) is 10.2 Å². The van der Waals surface area contributed by atoms with Crippen LogP contribution in [0, 0.1) is 5.92 Å². The first kappa shape index (κ1) is 15.5. The van der Waals surface area contributed by atoms with E-state index < -0.39 is 0 Å². The first-order valence-corrected chi connectivity index (χ1v) is 9.89. The number of hydrogen-bond donors (Lipinski definition) is 1. The van der Waals surface area contributed by atoms with Gasteiger partial charge in [0.2, 0.25) is 5.91 Å². The third-order valence-corrected chi connectivity index (χ3v) is 6.29. The SMILES string of the molecule is CSCC(=O)N[C@H]1C2CN3CCN(C2)CC1(c1ccccc1)C3. The monoisotopic (exact) mass is 331 g/mol. The maximum atomic E-state index is 12.3. The third-order valence-electron chi connectivity index (χ3n) is 5.74. The molecule has 0 spiro atoms. The number of piperidine rings is 2. The predicted octanol–water partition coefficient (Wildman–Crippen LogP) is 1.03. The standard InChI is InChI=1S/C18H25N3OS/c1-23-11-16(22)19-17-14-9-20-7-8-21(10-14)13-18(17,12-20)15-5-3-2-4-6-15/h2-6,14,17H,7-13H2,1H3,(H,19,22)/t14?,17-,18?/m0/s1. The molecule has 4 fully saturated rings. The molecule has 4 heterocycles. The molecule has 0 saturated carbocycles. The Morgan fingerprint density at radius 3 is 2.48 bits per heavy atom. The van der Waals surface area contributed by atoms with Gasteiger partial charge in [-0.15, -0.1) is 0 Å². The van der Waals surface area contributed by atoms with Gasteiger partial charge in [0.25, 0.3) is 0 Å². The summed E-state index contributed by atoms with van der Waals surface area (Å²) in [6.45, 7) is 6.69. The average Bonchev–Trinajstić information content (AvgIpc) is 2.80. The highest BCUT2D eigenvalue weighted by molar-refractivity contribution is 7.99. The number of fused-ring (bicyclic) bond motifs is 1. The van der Waals surface area contributed by atoms with Gasteiger partial charge < -0.3 is 15.1 Å². The molecule has 5 rings (SSSR count). The average molecular weight is 331 g/mol. The van der Waals surface area contributed by atoms with Gasteiger partial charge in [-0.2, -0.15) is 11.8 Å². The van der Waals surface area contributed by atoms with E-state index in [2.05, 4.69) is 45.4 Å². The Hall–Kier alpha value is -1.04. The van der Waals surface area contributed by atoms with E-state index in [0.29, 0.717) is 11.7 Å². The third kappa shape index (κ3) is 2.69. The van der Waals surface area contributed by atoms with Crippen LogP contribution in [0.15, 0.2) is 30.3 Å². The molecule has 1 aromatic rings. The number of nitrogens with one attached hydrogen (secondary N) is 1. The number of rotatable bonds is 4. The largest absolute Gasteiger partial charge is 0.351 e. The summed E-state index contributed by atoms with van der Waals surface area (Å²) < 4.78 is 0.